The van der Waals surface area contributed by atoms with E-state index in [0.29, 0.717) is 33.9 Å². The number of ether oxygens (including phenoxy) is 1. The van der Waals surface area contributed by atoms with E-state index in [0.717, 1.165) is 31.4 Å². The highest BCUT2D eigenvalue weighted by atomic mass is 16.5. The first-order valence-corrected chi connectivity index (χ1v) is 9.63. The molecule has 0 bridgehead atoms. The Morgan fingerprint density at radius 2 is 2.07 bits per heavy atom. The number of nitrogens with zero attached hydrogens (tertiary/aromatic N) is 3. The molecule has 3 N–H and O–H groups in total. The van der Waals surface area contributed by atoms with Crippen LogP contribution in [0.2, 0.25) is 0 Å². The summed E-state index contributed by atoms with van der Waals surface area (Å²) in [6.07, 6.45) is 4.45. The molecule has 0 unspecified atom stereocenters. The van der Waals surface area contributed by atoms with Crippen LogP contribution in [0.5, 0.6) is 5.75 Å². The molecule has 0 radical (unpaired) electrons. The highest BCUT2D eigenvalue weighted by Crippen LogP contribution is 2.35. The van der Waals surface area contributed by atoms with Gasteiger partial charge in [-0.15, -0.1) is 0 Å². The lowest BCUT2D eigenvalue weighted by molar-refractivity contribution is 0.209. The number of H-pyrrole nitrogens is 1. The van der Waals surface area contributed by atoms with Crippen molar-refractivity contribution in [2.24, 2.45) is 7.05 Å². The fraction of sp³-hybridized carbons (Fsp3) is 0.400. The average molecular weight is 397 g/mol. The minimum Gasteiger partial charge on any atom is -0.496 e. The minimum atomic E-state index is -1.17. The number of anilines is 1. The monoisotopic (exact) mass is 397 g/mol. The van der Waals surface area contributed by atoms with Crippen molar-refractivity contribution in [3.05, 3.63) is 34.2 Å². The molecular weight excluding hydrogens is 374 g/mol. The first-order valence-electron chi connectivity index (χ1n) is 9.63. The molecule has 0 saturated heterocycles. The molecule has 1 aliphatic rings. The second kappa shape index (κ2) is 7.57. The number of benzene rings is 1. The highest BCUT2D eigenvalue weighted by molar-refractivity contribution is 5.85. The topological polar surface area (TPSA) is 122 Å². The number of amides is 1. The Morgan fingerprint density at radius 1 is 1.31 bits per heavy atom. The SMILES string of the molecule is COc1cc(NC(=O)O)ccc1-c1nc2c(c(C3CCCCC3)nn2C)c(=O)[nH]1. The maximum atomic E-state index is 13.0. The minimum absolute atomic E-state index is 0.228. The van der Waals surface area contributed by atoms with Gasteiger partial charge in [0.25, 0.3) is 5.56 Å². The van der Waals surface area contributed by atoms with Gasteiger partial charge < -0.3 is 14.8 Å². The smallest absolute Gasteiger partial charge is 0.409 e. The lowest BCUT2D eigenvalue weighted by Crippen LogP contribution is -2.13. The van der Waals surface area contributed by atoms with Gasteiger partial charge in [-0.2, -0.15) is 5.10 Å². The molecule has 1 aromatic carbocycles. The van der Waals surface area contributed by atoms with Gasteiger partial charge in [0.05, 0.1) is 18.4 Å². The number of carboxylic acid groups (broad SMARTS) is 1. The van der Waals surface area contributed by atoms with Crippen molar-refractivity contribution in [2.75, 3.05) is 12.4 Å². The maximum Gasteiger partial charge on any atom is 0.409 e. The second-order valence-electron chi connectivity index (χ2n) is 7.30. The van der Waals surface area contributed by atoms with Gasteiger partial charge in [-0.25, -0.2) is 14.5 Å². The number of aromatic nitrogens is 4. The van der Waals surface area contributed by atoms with E-state index in [1.807, 2.05) is 0 Å². The van der Waals surface area contributed by atoms with E-state index in [1.54, 1.807) is 29.9 Å². The predicted octanol–water partition coefficient (Wildman–Crippen LogP) is 3.47. The van der Waals surface area contributed by atoms with Crippen molar-refractivity contribution in [1.29, 1.82) is 0 Å². The van der Waals surface area contributed by atoms with Crippen LogP contribution in [0, 0.1) is 0 Å². The van der Waals surface area contributed by atoms with E-state index in [2.05, 4.69) is 20.4 Å². The van der Waals surface area contributed by atoms with Gasteiger partial charge in [-0.1, -0.05) is 19.3 Å². The van der Waals surface area contributed by atoms with Crippen LogP contribution < -0.4 is 15.6 Å². The van der Waals surface area contributed by atoms with Crippen LogP contribution in [0.25, 0.3) is 22.4 Å². The molecule has 2 heterocycles. The molecule has 1 amide bonds. The summed E-state index contributed by atoms with van der Waals surface area (Å²) in [5.41, 5.74) is 2.05. The van der Waals surface area contributed by atoms with Gasteiger partial charge in [-0.05, 0) is 25.0 Å². The van der Waals surface area contributed by atoms with Crippen molar-refractivity contribution >= 4 is 22.8 Å². The molecule has 3 aromatic rings. The third-order valence-electron chi connectivity index (χ3n) is 5.42. The molecule has 0 aliphatic heterocycles. The normalized spacial score (nSPS) is 14.8. The van der Waals surface area contributed by atoms with Crippen LogP contribution in [-0.4, -0.2) is 38.1 Å². The largest absolute Gasteiger partial charge is 0.496 e. The van der Waals surface area contributed by atoms with Crippen LogP contribution in [0.1, 0.15) is 43.7 Å². The fourth-order valence-electron chi connectivity index (χ4n) is 4.06. The first kappa shape index (κ1) is 19.0. The highest BCUT2D eigenvalue weighted by Gasteiger charge is 2.25. The van der Waals surface area contributed by atoms with Crippen LogP contribution in [0.4, 0.5) is 10.5 Å². The number of rotatable bonds is 4. The van der Waals surface area contributed by atoms with Gasteiger partial charge in [0.2, 0.25) is 0 Å². The number of fused-ring (bicyclic) bond motifs is 1. The van der Waals surface area contributed by atoms with E-state index in [4.69, 9.17) is 9.84 Å². The molecule has 9 heteroatoms. The molecule has 29 heavy (non-hydrogen) atoms. The molecule has 1 saturated carbocycles. The number of methoxy groups -OCH3 is 1. The Bertz CT molecular complexity index is 1130. The Morgan fingerprint density at radius 3 is 2.76 bits per heavy atom. The van der Waals surface area contributed by atoms with E-state index in [9.17, 15) is 9.59 Å². The van der Waals surface area contributed by atoms with E-state index < -0.39 is 6.09 Å². The van der Waals surface area contributed by atoms with Gasteiger partial charge in [0.1, 0.15) is 17.0 Å². The molecule has 1 aliphatic carbocycles. The predicted molar refractivity (Wildman–Crippen MR) is 109 cm³/mol. The van der Waals surface area contributed by atoms with E-state index in [1.165, 1.54) is 13.5 Å². The summed E-state index contributed by atoms with van der Waals surface area (Å²) >= 11 is 0. The van der Waals surface area contributed by atoms with Crippen molar-refractivity contribution in [1.82, 2.24) is 19.7 Å². The number of hydrogen-bond donors (Lipinski definition) is 3. The zero-order valence-corrected chi connectivity index (χ0v) is 16.4. The lowest BCUT2D eigenvalue weighted by Gasteiger charge is -2.19. The number of nitrogens with one attached hydrogen (secondary N) is 2. The molecule has 152 valence electrons. The summed E-state index contributed by atoms with van der Waals surface area (Å²) in [5, 5.41) is 16.3. The summed E-state index contributed by atoms with van der Waals surface area (Å²) in [6.45, 7) is 0. The maximum absolute atomic E-state index is 13.0. The summed E-state index contributed by atoms with van der Waals surface area (Å²) in [5.74, 6) is 1.03. The van der Waals surface area contributed by atoms with Crippen molar-refractivity contribution in [2.45, 2.75) is 38.0 Å². The third kappa shape index (κ3) is 3.55. The second-order valence-corrected chi connectivity index (χ2v) is 7.30. The average Bonchev–Trinajstić information content (AvgIpc) is 3.05. The van der Waals surface area contributed by atoms with Crippen molar-refractivity contribution in [3.63, 3.8) is 0 Å². The Balaban J connectivity index is 1.81. The number of carbonyl (C=O) groups is 1. The number of aryl methyl sites for hydroxylation is 1. The summed E-state index contributed by atoms with van der Waals surface area (Å²) in [6, 6.07) is 4.80. The quantitative estimate of drug-likeness (QED) is 0.620. The Hall–Kier alpha value is -3.36. The number of hydrogen-bond acceptors (Lipinski definition) is 5. The van der Waals surface area contributed by atoms with E-state index in [-0.39, 0.29) is 11.5 Å². The van der Waals surface area contributed by atoms with Crippen LogP contribution >= 0.6 is 0 Å². The summed E-state index contributed by atoms with van der Waals surface area (Å²) in [7, 11) is 3.27. The summed E-state index contributed by atoms with van der Waals surface area (Å²) < 4.78 is 7.04. The molecule has 1 fully saturated rings. The zero-order valence-electron chi connectivity index (χ0n) is 16.4. The molecule has 9 nitrogen and oxygen atoms in total. The van der Waals surface area contributed by atoms with Crippen molar-refractivity contribution < 1.29 is 14.6 Å². The third-order valence-corrected chi connectivity index (χ3v) is 5.42. The van der Waals surface area contributed by atoms with E-state index >= 15 is 0 Å². The van der Waals surface area contributed by atoms with Gasteiger partial charge in [-0.3, -0.25) is 10.1 Å². The van der Waals surface area contributed by atoms with Gasteiger partial charge >= 0.3 is 6.09 Å². The first-order chi connectivity index (χ1) is 14.0. The van der Waals surface area contributed by atoms with Gasteiger partial charge in [0.15, 0.2) is 5.65 Å². The van der Waals surface area contributed by atoms with Crippen LogP contribution in [0.3, 0.4) is 0 Å². The molecule has 0 spiro atoms. The fourth-order valence-corrected chi connectivity index (χ4v) is 4.06. The molecular formula is C20H23N5O4. The van der Waals surface area contributed by atoms with Crippen LogP contribution in [0.15, 0.2) is 23.0 Å². The standard InChI is InChI=1S/C20H23N5O4/c1-25-18-15(16(24-25)11-6-4-3-5-7-11)19(26)23-17(22-18)13-9-8-12(21-20(27)28)10-14(13)29-2/h8-11,21H,3-7H2,1-2H3,(H,27,28)(H,22,23,26). The van der Waals surface area contributed by atoms with Gasteiger partial charge in [0, 0.05) is 24.7 Å². The van der Waals surface area contributed by atoms with Crippen LogP contribution in [-0.2, 0) is 7.05 Å². The molecule has 4 rings (SSSR count). The Kier molecular flexibility index (Phi) is 4.96. The lowest BCUT2D eigenvalue weighted by atomic mass is 9.86. The molecule has 2 aromatic heterocycles. The zero-order chi connectivity index (χ0) is 20.5. The number of aromatic amines is 1. The summed E-state index contributed by atoms with van der Waals surface area (Å²) in [4.78, 5) is 31.4. The Labute approximate surface area is 166 Å². The molecule has 0 atom stereocenters. The van der Waals surface area contributed by atoms with Crippen molar-refractivity contribution in [3.8, 4) is 17.1 Å².